The summed E-state index contributed by atoms with van der Waals surface area (Å²) >= 11 is 0. The highest BCUT2D eigenvalue weighted by atomic mass is 32.2. The number of halogens is 1. The van der Waals surface area contributed by atoms with E-state index in [1.54, 1.807) is 52.1 Å². The van der Waals surface area contributed by atoms with Gasteiger partial charge in [-0.05, 0) is 62.2 Å². The molecule has 0 amide bonds. The minimum absolute atomic E-state index is 0.0699. The molecular weight excluding hydrogens is 317 g/mol. The van der Waals surface area contributed by atoms with Gasteiger partial charge in [-0.25, -0.2) is 17.5 Å². The van der Waals surface area contributed by atoms with E-state index in [-0.39, 0.29) is 4.90 Å². The molecule has 0 aliphatic heterocycles. The average Bonchev–Trinajstić information content (AvgIpc) is 2.45. The first-order valence-electron chi connectivity index (χ1n) is 7.10. The minimum Gasteiger partial charge on any atom is -0.497 e. The molecule has 0 bridgehead atoms. The quantitative estimate of drug-likeness (QED) is 0.910. The standard InChI is InChI=1S/C17H20FNO3S/c1-12-11-14(18)7-10-16(12)23(20,21)19-17(2,3)13-5-8-15(22-4)9-6-13/h5-11,19H,1-4H3. The lowest BCUT2D eigenvalue weighted by molar-refractivity contribution is 0.413. The Morgan fingerprint density at radius 2 is 1.70 bits per heavy atom. The van der Waals surface area contributed by atoms with Crippen LogP contribution in [0.2, 0.25) is 0 Å². The van der Waals surface area contributed by atoms with Crippen molar-refractivity contribution < 1.29 is 17.5 Å². The van der Waals surface area contributed by atoms with Crippen LogP contribution in [0.1, 0.15) is 25.0 Å². The molecule has 1 N–H and O–H groups in total. The number of hydrogen-bond donors (Lipinski definition) is 1. The van der Waals surface area contributed by atoms with E-state index < -0.39 is 21.4 Å². The molecule has 0 aliphatic rings. The van der Waals surface area contributed by atoms with Crippen molar-refractivity contribution in [3.63, 3.8) is 0 Å². The minimum atomic E-state index is -3.78. The summed E-state index contributed by atoms with van der Waals surface area (Å²) in [6.45, 7) is 5.11. The second kappa shape index (κ2) is 6.29. The van der Waals surface area contributed by atoms with Gasteiger partial charge < -0.3 is 4.74 Å². The summed E-state index contributed by atoms with van der Waals surface area (Å²) < 4.78 is 46.2. The van der Waals surface area contributed by atoms with Crippen molar-refractivity contribution in [1.82, 2.24) is 4.72 Å². The molecule has 0 aliphatic carbocycles. The summed E-state index contributed by atoms with van der Waals surface area (Å²) in [7, 11) is -2.21. The first kappa shape index (κ1) is 17.4. The van der Waals surface area contributed by atoms with Crippen LogP contribution in [0.3, 0.4) is 0 Å². The second-order valence-corrected chi connectivity index (χ2v) is 7.52. The fourth-order valence-electron chi connectivity index (χ4n) is 2.37. The number of ether oxygens (including phenoxy) is 1. The van der Waals surface area contributed by atoms with Gasteiger partial charge in [-0.2, -0.15) is 0 Å². The topological polar surface area (TPSA) is 55.4 Å². The zero-order valence-corrected chi connectivity index (χ0v) is 14.4. The maximum Gasteiger partial charge on any atom is 0.241 e. The summed E-state index contributed by atoms with van der Waals surface area (Å²) in [5.74, 6) is 0.234. The molecule has 4 nitrogen and oxygen atoms in total. The first-order chi connectivity index (χ1) is 10.7. The van der Waals surface area contributed by atoms with Gasteiger partial charge in [0, 0.05) is 0 Å². The van der Waals surface area contributed by atoms with Crippen LogP contribution < -0.4 is 9.46 Å². The number of aryl methyl sites for hydroxylation is 1. The van der Waals surface area contributed by atoms with Crippen LogP contribution in [0, 0.1) is 12.7 Å². The Labute approximate surface area is 136 Å². The third-order valence-corrected chi connectivity index (χ3v) is 5.44. The highest BCUT2D eigenvalue weighted by Gasteiger charge is 2.29. The predicted octanol–water partition coefficient (Wildman–Crippen LogP) is 3.36. The zero-order chi connectivity index (χ0) is 17.3. The lowest BCUT2D eigenvalue weighted by Gasteiger charge is -2.27. The Morgan fingerprint density at radius 1 is 1.09 bits per heavy atom. The largest absolute Gasteiger partial charge is 0.497 e. The number of methoxy groups -OCH3 is 1. The molecule has 0 atom stereocenters. The smallest absolute Gasteiger partial charge is 0.241 e. The van der Waals surface area contributed by atoms with Gasteiger partial charge in [0.2, 0.25) is 10.0 Å². The van der Waals surface area contributed by atoms with E-state index in [9.17, 15) is 12.8 Å². The normalized spacial score (nSPS) is 12.2. The zero-order valence-electron chi connectivity index (χ0n) is 13.6. The molecular formula is C17H20FNO3S. The molecule has 2 rings (SSSR count). The molecule has 2 aromatic carbocycles. The molecule has 23 heavy (non-hydrogen) atoms. The molecule has 0 heterocycles. The summed E-state index contributed by atoms with van der Waals surface area (Å²) in [5.41, 5.74) is 0.330. The van der Waals surface area contributed by atoms with E-state index in [2.05, 4.69) is 4.72 Å². The van der Waals surface area contributed by atoms with Crippen LogP contribution in [0.5, 0.6) is 5.75 Å². The van der Waals surface area contributed by atoms with Crippen LogP contribution >= 0.6 is 0 Å². The third kappa shape index (κ3) is 3.89. The van der Waals surface area contributed by atoms with Crippen molar-refractivity contribution in [2.24, 2.45) is 0 Å². The van der Waals surface area contributed by atoms with Gasteiger partial charge in [0.05, 0.1) is 17.5 Å². The van der Waals surface area contributed by atoms with Crippen molar-refractivity contribution >= 4 is 10.0 Å². The van der Waals surface area contributed by atoms with Gasteiger partial charge in [-0.1, -0.05) is 12.1 Å². The Balaban J connectivity index is 2.33. The van der Waals surface area contributed by atoms with Crippen LogP contribution in [-0.2, 0) is 15.6 Å². The van der Waals surface area contributed by atoms with Gasteiger partial charge in [0.1, 0.15) is 11.6 Å². The molecule has 0 radical (unpaired) electrons. The summed E-state index contributed by atoms with van der Waals surface area (Å²) in [4.78, 5) is 0.0699. The van der Waals surface area contributed by atoms with Gasteiger partial charge in [0.15, 0.2) is 0 Å². The lowest BCUT2D eigenvalue weighted by atomic mass is 9.96. The molecule has 124 valence electrons. The van der Waals surface area contributed by atoms with Crippen LogP contribution in [0.25, 0.3) is 0 Å². The van der Waals surface area contributed by atoms with Gasteiger partial charge in [-0.15, -0.1) is 0 Å². The molecule has 6 heteroatoms. The third-order valence-electron chi connectivity index (χ3n) is 3.63. The van der Waals surface area contributed by atoms with E-state index >= 15 is 0 Å². The number of hydrogen-bond acceptors (Lipinski definition) is 3. The van der Waals surface area contributed by atoms with Crippen molar-refractivity contribution in [2.45, 2.75) is 31.2 Å². The molecule has 0 saturated carbocycles. The highest BCUT2D eigenvalue weighted by Crippen LogP contribution is 2.26. The summed E-state index contributed by atoms with van der Waals surface area (Å²) in [6, 6.07) is 10.8. The highest BCUT2D eigenvalue weighted by molar-refractivity contribution is 7.89. The van der Waals surface area contributed by atoms with Gasteiger partial charge in [0.25, 0.3) is 0 Å². The first-order valence-corrected chi connectivity index (χ1v) is 8.59. The monoisotopic (exact) mass is 337 g/mol. The fourth-order valence-corrected chi connectivity index (χ4v) is 4.00. The van der Waals surface area contributed by atoms with Gasteiger partial charge in [-0.3, -0.25) is 0 Å². The molecule has 0 fully saturated rings. The number of nitrogens with one attached hydrogen (secondary N) is 1. The second-order valence-electron chi connectivity index (χ2n) is 5.87. The van der Waals surface area contributed by atoms with Crippen molar-refractivity contribution in [3.05, 3.63) is 59.4 Å². The predicted molar refractivity (Wildman–Crippen MR) is 87.5 cm³/mol. The maximum atomic E-state index is 13.2. The fraction of sp³-hybridized carbons (Fsp3) is 0.294. The maximum absolute atomic E-state index is 13.2. The molecule has 2 aromatic rings. The van der Waals surface area contributed by atoms with Crippen molar-refractivity contribution in [1.29, 1.82) is 0 Å². The number of benzene rings is 2. The molecule has 0 aromatic heterocycles. The van der Waals surface area contributed by atoms with E-state index in [0.29, 0.717) is 11.3 Å². The number of rotatable bonds is 5. The lowest BCUT2D eigenvalue weighted by Crippen LogP contribution is -2.41. The van der Waals surface area contributed by atoms with E-state index in [1.165, 1.54) is 12.1 Å². The summed E-state index contributed by atoms with van der Waals surface area (Å²) in [5, 5.41) is 0. The molecule has 0 spiro atoms. The van der Waals surface area contributed by atoms with E-state index in [0.717, 1.165) is 11.6 Å². The van der Waals surface area contributed by atoms with Crippen molar-refractivity contribution in [3.8, 4) is 5.75 Å². The number of sulfonamides is 1. The Morgan fingerprint density at radius 3 is 2.22 bits per heavy atom. The SMILES string of the molecule is COc1ccc(C(C)(C)NS(=O)(=O)c2ccc(F)cc2C)cc1. The van der Waals surface area contributed by atoms with E-state index in [4.69, 9.17) is 4.74 Å². The van der Waals surface area contributed by atoms with Gasteiger partial charge >= 0.3 is 0 Å². The van der Waals surface area contributed by atoms with Crippen LogP contribution in [0.15, 0.2) is 47.4 Å². The Hall–Kier alpha value is -1.92. The Kier molecular flexibility index (Phi) is 4.77. The van der Waals surface area contributed by atoms with Crippen LogP contribution in [-0.4, -0.2) is 15.5 Å². The van der Waals surface area contributed by atoms with Crippen molar-refractivity contribution in [2.75, 3.05) is 7.11 Å². The summed E-state index contributed by atoms with van der Waals surface area (Å²) in [6.07, 6.45) is 0. The average molecular weight is 337 g/mol. The molecule has 0 saturated heterocycles. The van der Waals surface area contributed by atoms with Crippen LogP contribution in [0.4, 0.5) is 4.39 Å². The molecule has 0 unspecified atom stereocenters. The van der Waals surface area contributed by atoms with E-state index in [1.807, 2.05) is 0 Å². The Bertz CT molecular complexity index is 799.